The lowest BCUT2D eigenvalue weighted by Gasteiger charge is -2.19. The molecule has 1 aromatic carbocycles. The number of fused-ring (bicyclic) bond motifs is 1. The highest BCUT2D eigenvalue weighted by Gasteiger charge is 2.45. The first-order chi connectivity index (χ1) is 12.2. The number of guanidine groups is 1. The van der Waals surface area contributed by atoms with Crippen molar-refractivity contribution >= 4 is 29.9 Å². The van der Waals surface area contributed by atoms with Gasteiger partial charge in [-0.3, -0.25) is 4.99 Å². The Balaban J connectivity index is 0.00000196. The lowest BCUT2D eigenvalue weighted by molar-refractivity contribution is 0.559. The molecule has 0 amide bonds. The van der Waals surface area contributed by atoms with E-state index < -0.39 is 0 Å². The number of rotatable bonds is 5. The monoisotopic (exact) mass is 470 g/mol. The SMILES string of the molecule is CN=C(NCc1nnc2n1CCC2)NCC1(c2ccccc2F)CC1.I. The van der Waals surface area contributed by atoms with Crippen LogP contribution < -0.4 is 10.6 Å². The molecule has 0 saturated heterocycles. The van der Waals surface area contributed by atoms with Gasteiger partial charge in [0.25, 0.3) is 0 Å². The molecule has 0 atom stereocenters. The Kier molecular flexibility index (Phi) is 5.79. The number of aryl methyl sites for hydroxylation is 1. The van der Waals surface area contributed by atoms with Crippen LogP contribution >= 0.6 is 24.0 Å². The molecule has 1 saturated carbocycles. The maximum atomic E-state index is 14.1. The molecule has 0 unspecified atom stereocenters. The van der Waals surface area contributed by atoms with E-state index in [1.54, 1.807) is 13.1 Å². The zero-order chi connectivity index (χ0) is 17.3. The molecule has 0 bridgehead atoms. The summed E-state index contributed by atoms with van der Waals surface area (Å²) in [4.78, 5) is 4.27. The molecule has 6 nitrogen and oxygen atoms in total. The Morgan fingerprint density at radius 2 is 2.08 bits per heavy atom. The zero-order valence-electron chi connectivity index (χ0n) is 14.8. The summed E-state index contributed by atoms with van der Waals surface area (Å²) in [5.74, 6) is 2.59. The molecule has 26 heavy (non-hydrogen) atoms. The Bertz CT molecular complexity index is 799. The Hall–Kier alpha value is -1.71. The van der Waals surface area contributed by atoms with Crippen molar-refractivity contribution in [3.63, 3.8) is 0 Å². The van der Waals surface area contributed by atoms with Crippen molar-refractivity contribution in [1.82, 2.24) is 25.4 Å². The maximum absolute atomic E-state index is 14.1. The number of nitrogens with zero attached hydrogens (tertiary/aromatic N) is 4. The van der Waals surface area contributed by atoms with E-state index in [-0.39, 0.29) is 35.2 Å². The van der Waals surface area contributed by atoms with Crippen LogP contribution in [0.1, 0.15) is 36.5 Å². The molecule has 2 N–H and O–H groups in total. The van der Waals surface area contributed by atoms with Crippen molar-refractivity contribution in [1.29, 1.82) is 0 Å². The van der Waals surface area contributed by atoms with E-state index in [4.69, 9.17) is 0 Å². The molecule has 8 heteroatoms. The number of halogens is 2. The summed E-state index contributed by atoms with van der Waals surface area (Å²) in [5, 5.41) is 15.1. The van der Waals surface area contributed by atoms with Crippen LogP contribution in [0.25, 0.3) is 0 Å². The largest absolute Gasteiger partial charge is 0.356 e. The van der Waals surface area contributed by atoms with Crippen molar-refractivity contribution in [2.45, 2.75) is 44.2 Å². The van der Waals surface area contributed by atoms with Crippen LogP contribution in [0.3, 0.4) is 0 Å². The summed E-state index contributed by atoms with van der Waals surface area (Å²) in [7, 11) is 1.74. The molecule has 140 valence electrons. The highest BCUT2D eigenvalue weighted by molar-refractivity contribution is 14.0. The first-order valence-corrected chi connectivity index (χ1v) is 8.82. The third kappa shape index (κ3) is 3.70. The van der Waals surface area contributed by atoms with Gasteiger partial charge >= 0.3 is 0 Å². The van der Waals surface area contributed by atoms with E-state index in [9.17, 15) is 4.39 Å². The van der Waals surface area contributed by atoms with E-state index >= 15 is 0 Å². The van der Waals surface area contributed by atoms with Gasteiger partial charge in [-0.2, -0.15) is 0 Å². The van der Waals surface area contributed by atoms with Gasteiger partial charge in [0.1, 0.15) is 11.6 Å². The lowest BCUT2D eigenvalue weighted by Crippen LogP contribution is -2.41. The molecule has 1 aliphatic carbocycles. The number of aliphatic imine (C=N–C) groups is 1. The van der Waals surface area contributed by atoms with E-state index in [0.717, 1.165) is 49.4 Å². The first-order valence-electron chi connectivity index (χ1n) is 8.82. The van der Waals surface area contributed by atoms with Gasteiger partial charge in [0.2, 0.25) is 0 Å². The van der Waals surface area contributed by atoms with Crippen LogP contribution in [0.15, 0.2) is 29.3 Å². The van der Waals surface area contributed by atoms with Crippen LogP contribution in [0, 0.1) is 5.82 Å². The van der Waals surface area contributed by atoms with E-state index in [1.807, 2.05) is 12.1 Å². The number of aromatic nitrogens is 3. The average Bonchev–Trinajstić information content (AvgIpc) is 3.09. The molecule has 2 aromatic rings. The molecule has 1 aliphatic heterocycles. The normalized spacial score (nSPS) is 17.4. The van der Waals surface area contributed by atoms with Crippen LogP contribution in [0.4, 0.5) is 4.39 Å². The second kappa shape index (κ2) is 7.89. The summed E-state index contributed by atoms with van der Waals surface area (Å²) >= 11 is 0. The summed E-state index contributed by atoms with van der Waals surface area (Å²) < 4.78 is 16.3. The number of hydrogen-bond acceptors (Lipinski definition) is 3. The summed E-state index contributed by atoms with van der Waals surface area (Å²) in [6, 6.07) is 7.06. The molecule has 1 aromatic heterocycles. The third-order valence-electron chi connectivity index (χ3n) is 5.22. The number of benzene rings is 1. The topological polar surface area (TPSA) is 67.1 Å². The molecule has 0 radical (unpaired) electrons. The second-order valence-electron chi connectivity index (χ2n) is 6.83. The Morgan fingerprint density at radius 3 is 2.81 bits per heavy atom. The minimum atomic E-state index is -0.122. The average molecular weight is 470 g/mol. The minimum Gasteiger partial charge on any atom is -0.356 e. The van der Waals surface area contributed by atoms with E-state index in [2.05, 4.69) is 30.4 Å². The Labute approximate surface area is 169 Å². The highest BCUT2D eigenvalue weighted by atomic mass is 127. The molecule has 1 fully saturated rings. The van der Waals surface area contributed by atoms with Crippen LogP contribution in [-0.2, 0) is 24.9 Å². The van der Waals surface area contributed by atoms with E-state index in [0.29, 0.717) is 19.0 Å². The fraction of sp³-hybridized carbons (Fsp3) is 0.500. The van der Waals surface area contributed by atoms with Crippen LogP contribution in [0.5, 0.6) is 0 Å². The minimum absolute atomic E-state index is 0. The molecular weight excluding hydrogens is 446 g/mol. The van der Waals surface area contributed by atoms with Gasteiger partial charge in [0, 0.05) is 32.0 Å². The summed E-state index contributed by atoms with van der Waals surface area (Å²) in [5.41, 5.74) is 0.687. The number of nitrogens with one attached hydrogen (secondary N) is 2. The lowest BCUT2D eigenvalue weighted by atomic mass is 9.95. The quantitative estimate of drug-likeness (QED) is 0.400. The molecule has 2 aliphatic rings. The fourth-order valence-corrected chi connectivity index (χ4v) is 3.56. The van der Waals surface area contributed by atoms with Crippen LogP contribution in [0.2, 0.25) is 0 Å². The van der Waals surface area contributed by atoms with E-state index in [1.165, 1.54) is 6.07 Å². The molecule has 0 spiro atoms. The van der Waals surface area contributed by atoms with Gasteiger partial charge in [-0.05, 0) is 30.9 Å². The van der Waals surface area contributed by atoms with Gasteiger partial charge in [-0.15, -0.1) is 34.2 Å². The first kappa shape index (κ1) is 19.1. The highest BCUT2D eigenvalue weighted by Crippen LogP contribution is 2.48. The van der Waals surface area contributed by atoms with Crippen molar-refractivity contribution in [2.75, 3.05) is 13.6 Å². The molecule has 4 rings (SSSR count). The predicted molar refractivity (Wildman–Crippen MR) is 109 cm³/mol. The molecule has 2 heterocycles. The molecular formula is C18H24FIN6. The Morgan fingerprint density at radius 1 is 1.27 bits per heavy atom. The van der Waals surface area contributed by atoms with Crippen LogP contribution in [-0.4, -0.2) is 34.3 Å². The third-order valence-corrected chi connectivity index (χ3v) is 5.22. The van der Waals surface area contributed by atoms with Gasteiger partial charge in [0.15, 0.2) is 11.8 Å². The summed E-state index contributed by atoms with van der Waals surface area (Å²) in [6.07, 6.45) is 4.13. The zero-order valence-corrected chi connectivity index (χ0v) is 17.2. The van der Waals surface area contributed by atoms with Gasteiger partial charge in [-0.25, -0.2) is 4.39 Å². The van der Waals surface area contributed by atoms with Crippen molar-refractivity contribution in [3.05, 3.63) is 47.3 Å². The number of hydrogen-bond donors (Lipinski definition) is 2. The smallest absolute Gasteiger partial charge is 0.191 e. The van der Waals surface area contributed by atoms with Gasteiger partial charge in [-0.1, -0.05) is 18.2 Å². The van der Waals surface area contributed by atoms with Crippen molar-refractivity contribution < 1.29 is 4.39 Å². The fourth-order valence-electron chi connectivity index (χ4n) is 3.56. The second-order valence-corrected chi connectivity index (χ2v) is 6.83. The van der Waals surface area contributed by atoms with Gasteiger partial charge in [0.05, 0.1) is 6.54 Å². The maximum Gasteiger partial charge on any atom is 0.191 e. The predicted octanol–water partition coefficient (Wildman–Crippen LogP) is 2.38. The van der Waals surface area contributed by atoms with Crippen molar-refractivity contribution in [2.24, 2.45) is 4.99 Å². The summed E-state index contributed by atoms with van der Waals surface area (Å²) in [6.45, 7) is 2.24. The van der Waals surface area contributed by atoms with Crippen molar-refractivity contribution in [3.8, 4) is 0 Å². The van der Waals surface area contributed by atoms with Gasteiger partial charge < -0.3 is 15.2 Å². The standard InChI is InChI=1S/C18H23FN6.HI/c1-20-17(21-11-16-24-23-15-7-4-10-25(15)16)22-12-18(8-9-18)13-5-2-3-6-14(13)19;/h2-3,5-6H,4,7-12H2,1H3,(H2,20,21,22);1H.